The summed E-state index contributed by atoms with van der Waals surface area (Å²) in [4.78, 5) is 16.6. The quantitative estimate of drug-likeness (QED) is 0.402. The van der Waals surface area contributed by atoms with E-state index in [0.717, 1.165) is 47.6 Å². The van der Waals surface area contributed by atoms with Crippen molar-refractivity contribution in [3.05, 3.63) is 92.2 Å². The second-order valence-corrected chi connectivity index (χ2v) is 11.0. The van der Waals surface area contributed by atoms with Crippen LogP contribution < -0.4 is 10.2 Å². The third-order valence-electron chi connectivity index (χ3n) is 6.69. The first-order chi connectivity index (χ1) is 17.0. The lowest BCUT2D eigenvalue weighted by Gasteiger charge is -2.39. The third-order valence-corrected chi connectivity index (χ3v) is 9.02. The number of nitrogens with one attached hydrogen (secondary N) is 1. The van der Waals surface area contributed by atoms with Crippen molar-refractivity contribution in [1.82, 2.24) is 5.32 Å². The first kappa shape index (κ1) is 23.8. The summed E-state index contributed by atoms with van der Waals surface area (Å²) >= 11 is 9.03. The fourth-order valence-corrected chi connectivity index (χ4v) is 6.59. The maximum Gasteiger partial charge on any atom is 0.262 e. The topological polar surface area (TPSA) is 76.4 Å². The SMILES string of the molecule is N#CC1CCN(c2ccc(C3(c4ccsc4)CC(O)=C(Sc4ccccc4Cl)C(=O)N3)cc2)CC1. The van der Waals surface area contributed by atoms with E-state index >= 15 is 0 Å². The average Bonchev–Trinajstić information content (AvgIpc) is 3.43. The number of benzene rings is 2. The zero-order valence-electron chi connectivity index (χ0n) is 18.9. The molecule has 2 aliphatic rings. The van der Waals surface area contributed by atoms with Crippen molar-refractivity contribution in [2.45, 2.75) is 29.7 Å². The number of nitrogens with zero attached hydrogens (tertiary/aromatic N) is 2. The van der Waals surface area contributed by atoms with E-state index < -0.39 is 5.54 Å². The molecule has 0 spiro atoms. The Morgan fingerprint density at radius 1 is 1.11 bits per heavy atom. The van der Waals surface area contributed by atoms with Crippen LogP contribution in [0.5, 0.6) is 0 Å². The van der Waals surface area contributed by atoms with Crippen LogP contribution in [-0.2, 0) is 10.3 Å². The molecule has 0 bridgehead atoms. The number of hydrogen-bond acceptors (Lipinski definition) is 6. The van der Waals surface area contributed by atoms with E-state index in [4.69, 9.17) is 11.6 Å². The van der Waals surface area contributed by atoms with Crippen LogP contribution in [-0.4, -0.2) is 24.1 Å². The minimum atomic E-state index is -0.863. The van der Waals surface area contributed by atoms with Gasteiger partial charge in [-0.05, 0) is 65.1 Å². The third kappa shape index (κ3) is 4.66. The number of halogens is 1. The zero-order valence-corrected chi connectivity index (χ0v) is 21.3. The van der Waals surface area contributed by atoms with Crippen molar-refractivity contribution >= 4 is 46.3 Å². The molecule has 1 atom stereocenters. The van der Waals surface area contributed by atoms with Crippen LogP contribution in [0.25, 0.3) is 0 Å². The van der Waals surface area contributed by atoms with Gasteiger partial charge in [-0.2, -0.15) is 16.6 Å². The molecule has 1 fully saturated rings. The van der Waals surface area contributed by atoms with Gasteiger partial charge in [-0.25, -0.2) is 0 Å². The van der Waals surface area contributed by atoms with E-state index in [9.17, 15) is 15.2 Å². The molecule has 35 heavy (non-hydrogen) atoms. The standard InChI is InChI=1S/C27H24ClN3O2S2/c28-22-3-1-2-4-24(22)35-25-23(32)15-27(30-26(25)33,20-11-14-34-17-20)19-5-7-21(8-6-19)31-12-9-18(16-29)10-13-31/h1-8,11,14,17-18,32H,9-10,12-13,15H2,(H,30,33). The van der Waals surface area contributed by atoms with E-state index in [1.54, 1.807) is 17.4 Å². The van der Waals surface area contributed by atoms with Crippen LogP contribution in [0.15, 0.2) is 80.9 Å². The van der Waals surface area contributed by atoms with Crippen molar-refractivity contribution < 1.29 is 9.90 Å². The summed E-state index contributed by atoms with van der Waals surface area (Å²) in [5.74, 6) is -0.141. The molecule has 2 aliphatic heterocycles. The van der Waals surface area contributed by atoms with Gasteiger partial charge in [0, 0.05) is 36.0 Å². The molecular weight excluding hydrogens is 498 g/mol. The predicted molar refractivity (Wildman–Crippen MR) is 142 cm³/mol. The maximum atomic E-state index is 13.4. The van der Waals surface area contributed by atoms with Crippen molar-refractivity contribution in [1.29, 1.82) is 5.26 Å². The Morgan fingerprint density at radius 2 is 1.86 bits per heavy atom. The van der Waals surface area contributed by atoms with Gasteiger partial charge in [-0.15, -0.1) is 0 Å². The molecule has 8 heteroatoms. The fraction of sp³-hybridized carbons (Fsp3) is 0.259. The summed E-state index contributed by atoms with van der Waals surface area (Å²) in [6, 6.07) is 19.8. The van der Waals surface area contributed by atoms with Gasteiger partial charge in [0.2, 0.25) is 0 Å². The van der Waals surface area contributed by atoms with Crippen molar-refractivity contribution in [3.8, 4) is 6.07 Å². The molecule has 178 valence electrons. The van der Waals surface area contributed by atoms with Crippen molar-refractivity contribution in [2.24, 2.45) is 5.92 Å². The molecule has 1 unspecified atom stereocenters. The molecule has 5 rings (SSSR count). The highest BCUT2D eigenvalue weighted by Gasteiger charge is 2.43. The molecule has 3 heterocycles. The Hall–Kier alpha value is -2.92. The van der Waals surface area contributed by atoms with Gasteiger partial charge in [0.05, 0.1) is 16.6 Å². The van der Waals surface area contributed by atoms with Gasteiger partial charge >= 0.3 is 0 Å². The van der Waals surface area contributed by atoms with Gasteiger partial charge < -0.3 is 15.3 Å². The molecular formula is C27H24ClN3O2S2. The Balaban J connectivity index is 1.46. The van der Waals surface area contributed by atoms with E-state index in [-0.39, 0.29) is 28.9 Å². The maximum absolute atomic E-state index is 13.4. The average molecular weight is 522 g/mol. The van der Waals surface area contributed by atoms with E-state index in [1.807, 2.05) is 47.2 Å². The number of aliphatic hydroxyl groups is 1. The molecule has 5 nitrogen and oxygen atoms in total. The molecule has 1 aromatic heterocycles. The number of amides is 1. The Bertz CT molecular complexity index is 1290. The number of carbonyl (C=O) groups excluding carboxylic acids is 1. The van der Waals surface area contributed by atoms with Crippen LogP contribution in [0.2, 0.25) is 5.02 Å². The largest absolute Gasteiger partial charge is 0.511 e. The van der Waals surface area contributed by atoms with Crippen LogP contribution in [0.4, 0.5) is 5.69 Å². The summed E-state index contributed by atoms with van der Waals surface area (Å²) in [6.07, 6.45) is 1.99. The first-order valence-electron chi connectivity index (χ1n) is 11.4. The summed E-state index contributed by atoms with van der Waals surface area (Å²) in [6.45, 7) is 1.71. The van der Waals surface area contributed by atoms with Crippen LogP contribution in [0, 0.1) is 17.2 Å². The lowest BCUT2D eigenvalue weighted by Crippen LogP contribution is -2.50. The number of aliphatic hydroxyl groups excluding tert-OH is 1. The molecule has 1 saturated heterocycles. The smallest absolute Gasteiger partial charge is 0.262 e. The molecule has 2 aromatic carbocycles. The number of thiophene rings is 1. The Kier molecular flexibility index (Phi) is 6.79. The lowest BCUT2D eigenvalue weighted by atomic mass is 9.79. The molecule has 1 amide bonds. The summed E-state index contributed by atoms with van der Waals surface area (Å²) in [5, 5.41) is 28.0. The number of anilines is 1. The summed E-state index contributed by atoms with van der Waals surface area (Å²) in [7, 11) is 0. The highest BCUT2D eigenvalue weighted by Crippen LogP contribution is 2.44. The minimum absolute atomic E-state index is 0.0486. The predicted octanol–water partition coefficient (Wildman–Crippen LogP) is 6.47. The minimum Gasteiger partial charge on any atom is -0.511 e. The number of piperidine rings is 1. The van der Waals surface area contributed by atoms with E-state index in [0.29, 0.717) is 5.02 Å². The second-order valence-electron chi connectivity index (χ2n) is 8.79. The number of carbonyl (C=O) groups is 1. The first-order valence-corrected chi connectivity index (χ1v) is 13.6. The van der Waals surface area contributed by atoms with Crippen LogP contribution in [0.3, 0.4) is 0 Å². The zero-order chi connectivity index (χ0) is 24.4. The second kappa shape index (κ2) is 9.98. The highest BCUT2D eigenvalue weighted by molar-refractivity contribution is 8.04. The summed E-state index contributed by atoms with van der Waals surface area (Å²) in [5.41, 5.74) is 2.08. The van der Waals surface area contributed by atoms with Crippen LogP contribution >= 0.6 is 34.7 Å². The number of rotatable bonds is 5. The molecule has 0 saturated carbocycles. The molecule has 3 aromatic rings. The van der Waals surface area contributed by atoms with Crippen molar-refractivity contribution in [2.75, 3.05) is 18.0 Å². The van der Waals surface area contributed by atoms with Crippen LogP contribution in [0.1, 0.15) is 30.4 Å². The van der Waals surface area contributed by atoms with Gasteiger partial charge in [-0.1, -0.05) is 47.6 Å². The Labute approximate surface area is 218 Å². The highest BCUT2D eigenvalue weighted by atomic mass is 35.5. The summed E-state index contributed by atoms with van der Waals surface area (Å²) < 4.78 is 0. The van der Waals surface area contributed by atoms with E-state index in [1.165, 1.54) is 11.8 Å². The fourth-order valence-electron chi connectivity index (χ4n) is 4.75. The number of thioether (sulfide) groups is 1. The Morgan fingerprint density at radius 3 is 2.49 bits per heavy atom. The van der Waals surface area contributed by atoms with Gasteiger partial charge in [0.25, 0.3) is 5.91 Å². The lowest BCUT2D eigenvalue weighted by molar-refractivity contribution is -0.119. The number of nitriles is 1. The normalized spacial score (nSPS) is 21.0. The van der Waals surface area contributed by atoms with E-state index in [2.05, 4.69) is 28.4 Å². The van der Waals surface area contributed by atoms with Gasteiger partial charge in [0.1, 0.15) is 10.7 Å². The molecule has 0 aliphatic carbocycles. The molecule has 2 N–H and O–H groups in total. The van der Waals surface area contributed by atoms with Crippen molar-refractivity contribution in [3.63, 3.8) is 0 Å². The van der Waals surface area contributed by atoms with Gasteiger partial charge in [0.15, 0.2) is 0 Å². The monoisotopic (exact) mass is 521 g/mol. The van der Waals surface area contributed by atoms with Gasteiger partial charge in [-0.3, -0.25) is 4.79 Å². The number of hydrogen-bond donors (Lipinski definition) is 2. The molecule has 0 radical (unpaired) electrons.